The zero-order chi connectivity index (χ0) is 23.4. The minimum Gasteiger partial charge on any atom is -0.364 e. The van der Waals surface area contributed by atoms with Gasteiger partial charge in [0.1, 0.15) is 16.4 Å². The number of rotatable bonds is 4. The van der Waals surface area contributed by atoms with Crippen molar-refractivity contribution < 1.29 is 4.39 Å². The Hall–Kier alpha value is -3.09. The normalized spacial score (nSPS) is 23.8. The van der Waals surface area contributed by atoms with E-state index in [0.717, 1.165) is 12.8 Å². The number of fused-ring (bicyclic) bond motifs is 4. The average Bonchev–Trinajstić information content (AvgIpc) is 3.50. The van der Waals surface area contributed by atoms with Gasteiger partial charge in [-0.15, -0.1) is 0 Å². The largest absolute Gasteiger partial charge is 0.364 e. The summed E-state index contributed by atoms with van der Waals surface area (Å²) in [5, 5.41) is 4.20. The van der Waals surface area contributed by atoms with E-state index in [4.69, 9.17) is 18.2 Å². The van der Waals surface area contributed by atoms with Gasteiger partial charge in [0.2, 0.25) is 5.00 Å². The maximum atomic E-state index is 15.9. The van der Waals surface area contributed by atoms with Gasteiger partial charge in [-0.1, -0.05) is 24.6 Å². The predicted octanol–water partition coefficient (Wildman–Crippen LogP) is 6.72. The van der Waals surface area contributed by atoms with E-state index in [1.54, 1.807) is 18.3 Å². The van der Waals surface area contributed by atoms with Crippen molar-refractivity contribution in [2.45, 2.75) is 38.6 Å². The average molecular weight is 494 g/mol. The molecule has 0 amide bonds. The number of nitrogens with zero attached hydrogens (tertiary/aromatic N) is 5. The molecule has 4 aromatic rings. The summed E-state index contributed by atoms with van der Waals surface area (Å²) >= 11 is 7.30. The van der Waals surface area contributed by atoms with E-state index >= 15 is 4.39 Å². The second kappa shape index (κ2) is 8.29. The lowest BCUT2D eigenvalue weighted by atomic mass is 9.62. The van der Waals surface area contributed by atoms with Crippen LogP contribution in [-0.2, 0) is 0 Å². The quantitative estimate of drug-likeness (QED) is 0.308. The fourth-order valence-electron chi connectivity index (χ4n) is 5.54. The molecule has 7 nitrogen and oxygen atoms in total. The van der Waals surface area contributed by atoms with Crippen LogP contribution in [0.2, 0.25) is 5.15 Å². The molecule has 0 aromatic carbocycles. The van der Waals surface area contributed by atoms with Crippen molar-refractivity contribution in [2.75, 3.05) is 5.32 Å². The molecule has 3 aliphatic carbocycles. The Morgan fingerprint density at radius 2 is 1.97 bits per heavy atom. The smallest absolute Gasteiger partial charge is 0.241 e. The number of aromatic amines is 1. The first-order valence-electron chi connectivity index (χ1n) is 11.3. The minimum absolute atomic E-state index is 0.164. The zero-order valence-corrected chi connectivity index (χ0v) is 19.9. The molecule has 7 rings (SSSR count). The van der Waals surface area contributed by atoms with Gasteiger partial charge in [0.15, 0.2) is 23.1 Å². The highest BCUT2D eigenvalue weighted by Crippen LogP contribution is 2.46. The third kappa shape index (κ3) is 3.53. The second-order valence-electron chi connectivity index (χ2n) is 9.10. The Labute approximate surface area is 204 Å². The van der Waals surface area contributed by atoms with Crippen LogP contribution in [0.3, 0.4) is 0 Å². The monoisotopic (exact) mass is 493 g/mol. The van der Waals surface area contributed by atoms with Crippen LogP contribution in [0.25, 0.3) is 38.0 Å². The SMILES string of the molecule is [C-]#[N+]c1ccc(-c2nc(-c3c[nH]c4ncc(Cl)nc34)nc(N[C@H]3C4CCC(CC4)[C@@H]3C)c2F)s1. The Kier molecular flexibility index (Phi) is 5.23. The lowest BCUT2D eigenvalue weighted by Gasteiger charge is -2.47. The molecule has 4 heterocycles. The van der Waals surface area contributed by atoms with Gasteiger partial charge < -0.3 is 10.3 Å². The summed E-state index contributed by atoms with van der Waals surface area (Å²) in [6.45, 7) is 9.54. The van der Waals surface area contributed by atoms with Crippen molar-refractivity contribution in [3.63, 3.8) is 0 Å². The summed E-state index contributed by atoms with van der Waals surface area (Å²) in [6.07, 6.45) is 7.99. The summed E-state index contributed by atoms with van der Waals surface area (Å²) in [5.74, 6) is 1.63. The molecule has 172 valence electrons. The van der Waals surface area contributed by atoms with Gasteiger partial charge in [0.25, 0.3) is 0 Å². The van der Waals surface area contributed by atoms with Crippen molar-refractivity contribution >= 4 is 44.9 Å². The molecule has 0 radical (unpaired) electrons. The van der Waals surface area contributed by atoms with E-state index < -0.39 is 5.82 Å². The van der Waals surface area contributed by atoms with Crippen LogP contribution in [0.1, 0.15) is 32.6 Å². The maximum Gasteiger partial charge on any atom is 0.241 e. The Morgan fingerprint density at radius 1 is 1.18 bits per heavy atom. The molecule has 0 aliphatic heterocycles. The summed E-state index contributed by atoms with van der Waals surface area (Å²) < 4.78 is 15.9. The summed E-state index contributed by atoms with van der Waals surface area (Å²) in [6, 6.07) is 3.58. The van der Waals surface area contributed by atoms with Crippen LogP contribution in [0.4, 0.5) is 15.2 Å². The van der Waals surface area contributed by atoms with Gasteiger partial charge in [-0.05, 0) is 49.5 Å². The molecule has 3 fully saturated rings. The molecule has 3 saturated carbocycles. The van der Waals surface area contributed by atoms with Crippen LogP contribution >= 0.6 is 22.9 Å². The number of aromatic nitrogens is 5. The zero-order valence-electron chi connectivity index (χ0n) is 18.3. The highest BCUT2D eigenvalue weighted by atomic mass is 35.5. The van der Waals surface area contributed by atoms with Crippen molar-refractivity contribution in [1.82, 2.24) is 24.9 Å². The van der Waals surface area contributed by atoms with Gasteiger partial charge in [-0.2, -0.15) is 11.3 Å². The summed E-state index contributed by atoms with van der Waals surface area (Å²) in [4.78, 5) is 25.0. The van der Waals surface area contributed by atoms with E-state index in [2.05, 4.69) is 42.0 Å². The molecule has 2 bridgehead atoms. The standard InChI is InChI=1S/C24H21ClFN7S/c1-11-12-3-5-13(6-4-12)19(11)31-23-18(26)21(15-7-8-17(27-2)34-15)32-22(33-23)14-9-28-24-20(14)30-16(25)10-29-24/h7-13,19H,3-6H2,1H3,(H,28,29)(H,31,32,33)/t11-,12?,13?,19+/m0/s1. The molecule has 10 heteroatoms. The Morgan fingerprint density at radius 3 is 2.71 bits per heavy atom. The molecule has 0 spiro atoms. The number of thiophene rings is 1. The predicted molar refractivity (Wildman–Crippen MR) is 131 cm³/mol. The number of hydrogen-bond donors (Lipinski definition) is 2. The van der Waals surface area contributed by atoms with E-state index in [1.165, 1.54) is 30.4 Å². The highest BCUT2D eigenvalue weighted by molar-refractivity contribution is 7.19. The first-order valence-corrected chi connectivity index (χ1v) is 12.5. The van der Waals surface area contributed by atoms with Gasteiger partial charge in [-0.25, -0.2) is 29.2 Å². The van der Waals surface area contributed by atoms with E-state index in [9.17, 15) is 0 Å². The highest BCUT2D eigenvalue weighted by Gasteiger charge is 2.41. The second-order valence-corrected chi connectivity index (χ2v) is 10.6. The first kappa shape index (κ1) is 21.4. The van der Waals surface area contributed by atoms with Crippen molar-refractivity contribution in [1.29, 1.82) is 0 Å². The lowest BCUT2D eigenvalue weighted by Crippen LogP contribution is -2.47. The van der Waals surface area contributed by atoms with Gasteiger partial charge in [0.05, 0.1) is 18.3 Å². The lowest BCUT2D eigenvalue weighted by molar-refractivity contribution is 0.0926. The molecule has 2 N–H and O–H groups in total. The number of anilines is 1. The van der Waals surface area contributed by atoms with Crippen LogP contribution in [0.5, 0.6) is 0 Å². The molecule has 0 saturated heterocycles. The summed E-state index contributed by atoms with van der Waals surface area (Å²) in [5.41, 5.74) is 1.84. The molecular weight excluding hydrogens is 473 g/mol. The molecule has 3 aliphatic rings. The Bertz CT molecular complexity index is 1430. The van der Waals surface area contributed by atoms with Crippen LogP contribution in [-0.4, -0.2) is 31.0 Å². The number of hydrogen-bond acceptors (Lipinski definition) is 6. The fraction of sp³-hybridized carbons (Fsp3) is 0.375. The third-order valence-electron chi connectivity index (χ3n) is 7.32. The van der Waals surface area contributed by atoms with Crippen molar-refractivity contribution in [2.24, 2.45) is 17.8 Å². The van der Waals surface area contributed by atoms with Crippen LogP contribution in [0, 0.1) is 30.1 Å². The minimum atomic E-state index is -0.500. The topological polar surface area (TPSA) is 83.7 Å². The van der Waals surface area contributed by atoms with Crippen molar-refractivity contribution in [3.8, 4) is 22.0 Å². The van der Waals surface area contributed by atoms with E-state index in [0.29, 0.717) is 50.2 Å². The molecule has 34 heavy (non-hydrogen) atoms. The number of nitrogens with one attached hydrogen (secondary N) is 2. The van der Waals surface area contributed by atoms with Crippen LogP contribution in [0.15, 0.2) is 24.5 Å². The van der Waals surface area contributed by atoms with Gasteiger partial charge in [-0.3, -0.25) is 0 Å². The third-order valence-corrected chi connectivity index (χ3v) is 8.48. The Balaban J connectivity index is 1.49. The summed E-state index contributed by atoms with van der Waals surface area (Å²) in [7, 11) is 0. The molecule has 2 atom stereocenters. The van der Waals surface area contributed by atoms with Gasteiger partial charge >= 0.3 is 0 Å². The fourth-order valence-corrected chi connectivity index (χ4v) is 6.45. The van der Waals surface area contributed by atoms with E-state index in [1.807, 2.05) is 0 Å². The first-order chi connectivity index (χ1) is 16.5. The maximum absolute atomic E-state index is 15.9. The number of halogens is 2. The van der Waals surface area contributed by atoms with E-state index in [-0.39, 0.29) is 22.7 Å². The number of H-pyrrole nitrogens is 1. The van der Waals surface area contributed by atoms with Gasteiger partial charge in [0, 0.05) is 17.1 Å². The van der Waals surface area contributed by atoms with Crippen molar-refractivity contribution in [3.05, 3.63) is 46.9 Å². The molecule has 4 aromatic heterocycles. The molecular formula is C24H21ClFN7S. The molecule has 0 unspecified atom stereocenters. The van der Waals surface area contributed by atoms with Crippen LogP contribution < -0.4 is 5.32 Å².